The average Bonchev–Trinajstić information content (AvgIpc) is 2.74. The standard InChI is InChI=1S/C24H31ClN2O3S/c1-5-22(24(29)26-17(2)3)27(14-19-8-6-7-9-21(19)25)23(28)16-31-15-18-10-12-20(30-4)13-11-18/h6-13,17,22H,5,14-16H2,1-4H3,(H,26,29)/t22-/m0/s1. The van der Waals surface area contributed by atoms with Crippen LogP contribution in [-0.4, -0.2) is 41.7 Å². The van der Waals surface area contributed by atoms with E-state index in [1.54, 1.807) is 18.1 Å². The third-order valence-electron chi connectivity index (χ3n) is 4.77. The number of carbonyl (C=O) groups is 2. The molecule has 0 bridgehead atoms. The van der Waals surface area contributed by atoms with Gasteiger partial charge in [0.15, 0.2) is 0 Å². The molecule has 31 heavy (non-hydrogen) atoms. The number of nitrogens with zero attached hydrogens (tertiary/aromatic N) is 1. The minimum absolute atomic E-state index is 0.00302. The molecule has 2 amide bonds. The van der Waals surface area contributed by atoms with Gasteiger partial charge in [-0.25, -0.2) is 0 Å². The topological polar surface area (TPSA) is 58.6 Å². The predicted molar refractivity (Wildman–Crippen MR) is 129 cm³/mol. The second kappa shape index (κ2) is 12.6. The molecule has 0 aliphatic carbocycles. The number of benzene rings is 2. The van der Waals surface area contributed by atoms with Gasteiger partial charge in [-0.15, -0.1) is 11.8 Å². The van der Waals surface area contributed by atoms with Gasteiger partial charge in [0, 0.05) is 23.4 Å². The maximum atomic E-state index is 13.2. The van der Waals surface area contributed by atoms with Gasteiger partial charge in [0.25, 0.3) is 0 Å². The smallest absolute Gasteiger partial charge is 0.243 e. The van der Waals surface area contributed by atoms with Crippen LogP contribution in [0.3, 0.4) is 0 Å². The summed E-state index contributed by atoms with van der Waals surface area (Å²) in [5.74, 6) is 1.56. The van der Waals surface area contributed by atoms with Gasteiger partial charge >= 0.3 is 0 Å². The molecule has 168 valence electrons. The Labute approximate surface area is 194 Å². The quantitative estimate of drug-likeness (QED) is 0.515. The van der Waals surface area contributed by atoms with Crippen LogP contribution in [0.2, 0.25) is 5.02 Å². The molecule has 0 aliphatic rings. The maximum absolute atomic E-state index is 13.2. The normalized spacial score (nSPS) is 11.8. The number of rotatable bonds is 11. The van der Waals surface area contributed by atoms with Crippen LogP contribution in [0.4, 0.5) is 0 Å². The van der Waals surface area contributed by atoms with E-state index in [1.165, 1.54) is 11.8 Å². The Morgan fingerprint density at radius 2 is 1.81 bits per heavy atom. The van der Waals surface area contributed by atoms with Crippen LogP contribution in [0.25, 0.3) is 0 Å². The zero-order chi connectivity index (χ0) is 22.8. The van der Waals surface area contributed by atoms with E-state index in [-0.39, 0.29) is 23.6 Å². The number of carbonyl (C=O) groups excluding carboxylic acids is 2. The lowest BCUT2D eigenvalue weighted by molar-refractivity contribution is -0.139. The first-order chi connectivity index (χ1) is 14.8. The first-order valence-electron chi connectivity index (χ1n) is 10.4. The number of halogens is 1. The van der Waals surface area contributed by atoms with Gasteiger partial charge in [0.05, 0.1) is 12.9 Å². The highest BCUT2D eigenvalue weighted by Crippen LogP contribution is 2.22. The summed E-state index contributed by atoms with van der Waals surface area (Å²) in [7, 11) is 1.63. The molecule has 0 unspecified atom stereocenters. The van der Waals surface area contributed by atoms with Crippen molar-refractivity contribution in [2.75, 3.05) is 12.9 Å². The van der Waals surface area contributed by atoms with E-state index in [0.29, 0.717) is 23.7 Å². The molecule has 0 saturated carbocycles. The van der Waals surface area contributed by atoms with E-state index >= 15 is 0 Å². The number of hydrogen-bond acceptors (Lipinski definition) is 4. The first kappa shape index (κ1) is 25.1. The molecule has 2 aromatic carbocycles. The minimum Gasteiger partial charge on any atom is -0.497 e. The van der Waals surface area contributed by atoms with Crippen LogP contribution in [0.5, 0.6) is 5.75 Å². The highest BCUT2D eigenvalue weighted by atomic mass is 35.5. The largest absolute Gasteiger partial charge is 0.497 e. The molecule has 1 atom stereocenters. The molecule has 1 N–H and O–H groups in total. The molecule has 0 heterocycles. The number of nitrogens with one attached hydrogen (secondary N) is 1. The highest BCUT2D eigenvalue weighted by Gasteiger charge is 2.29. The van der Waals surface area contributed by atoms with E-state index in [4.69, 9.17) is 16.3 Å². The molecule has 5 nitrogen and oxygen atoms in total. The van der Waals surface area contributed by atoms with Crippen molar-refractivity contribution >= 4 is 35.2 Å². The van der Waals surface area contributed by atoms with Crippen LogP contribution in [-0.2, 0) is 21.9 Å². The summed E-state index contributed by atoms with van der Waals surface area (Å²) < 4.78 is 5.18. The summed E-state index contributed by atoms with van der Waals surface area (Å²) in [4.78, 5) is 27.7. The minimum atomic E-state index is -0.548. The predicted octanol–water partition coefficient (Wildman–Crippen LogP) is 4.91. The Hall–Kier alpha value is -2.18. The van der Waals surface area contributed by atoms with Gasteiger partial charge in [-0.3, -0.25) is 9.59 Å². The molecule has 0 saturated heterocycles. The molecule has 2 aromatic rings. The van der Waals surface area contributed by atoms with Gasteiger partial charge in [0.2, 0.25) is 11.8 Å². The number of thioether (sulfide) groups is 1. The van der Waals surface area contributed by atoms with Crippen LogP contribution >= 0.6 is 23.4 Å². The highest BCUT2D eigenvalue weighted by molar-refractivity contribution is 7.99. The van der Waals surface area contributed by atoms with Crippen LogP contribution in [0, 0.1) is 0 Å². The third kappa shape index (κ3) is 7.78. The average molecular weight is 463 g/mol. The van der Waals surface area contributed by atoms with Crippen molar-refractivity contribution in [1.29, 1.82) is 0 Å². The molecule has 0 aromatic heterocycles. The number of ether oxygens (including phenoxy) is 1. The molecule has 2 rings (SSSR count). The van der Waals surface area contributed by atoms with Crippen LogP contribution in [0.15, 0.2) is 48.5 Å². The molecule has 0 aliphatic heterocycles. The monoisotopic (exact) mass is 462 g/mol. The Balaban J connectivity index is 2.12. The van der Waals surface area contributed by atoms with E-state index in [2.05, 4.69) is 5.32 Å². The summed E-state index contributed by atoms with van der Waals surface area (Å²) in [5.41, 5.74) is 1.94. The van der Waals surface area contributed by atoms with Gasteiger partial charge < -0.3 is 15.0 Å². The summed E-state index contributed by atoms with van der Waals surface area (Å²) in [6.45, 7) is 6.04. The molecule has 0 radical (unpaired) electrons. The first-order valence-corrected chi connectivity index (χ1v) is 11.9. The van der Waals surface area contributed by atoms with Crippen molar-refractivity contribution in [2.24, 2.45) is 0 Å². The lowest BCUT2D eigenvalue weighted by Gasteiger charge is -2.31. The van der Waals surface area contributed by atoms with Gasteiger partial charge in [-0.05, 0) is 49.6 Å². The van der Waals surface area contributed by atoms with E-state index in [1.807, 2.05) is 63.2 Å². The second-order valence-electron chi connectivity index (χ2n) is 7.54. The number of methoxy groups -OCH3 is 1. The van der Waals surface area contributed by atoms with E-state index in [0.717, 1.165) is 16.9 Å². The Morgan fingerprint density at radius 3 is 2.39 bits per heavy atom. The Kier molecular flexibility index (Phi) is 10.2. The van der Waals surface area contributed by atoms with Crippen molar-refractivity contribution in [3.8, 4) is 5.75 Å². The summed E-state index contributed by atoms with van der Waals surface area (Å²) in [6, 6.07) is 14.7. The molecular formula is C24H31ClN2O3S. The molecular weight excluding hydrogens is 432 g/mol. The lowest BCUT2D eigenvalue weighted by Crippen LogP contribution is -2.51. The van der Waals surface area contributed by atoms with Crippen LogP contribution in [0.1, 0.15) is 38.3 Å². The fourth-order valence-corrected chi connectivity index (χ4v) is 4.24. The van der Waals surface area contributed by atoms with Crippen molar-refractivity contribution in [1.82, 2.24) is 10.2 Å². The van der Waals surface area contributed by atoms with E-state index in [9.17, 15) is 9.59 Å². The Morgan fingerprint density at radius 1 is 1.13 bits per heavy atom. The third-order valence-corrected chi connectivity index (χ3v) is 6.13. The Bertz CT molecular complexity index is 858. The van der Waals surface area contributed by atoms with Crippen LogP contribution < -0.4 is 10.1 Å². The molecule has 0 spiro atoms. The summed E-state index contributed by atoms with van der Waals surface area (Å²) in [6.07, 6.45) is 0.526. The SMILES string of the molecule is CC[C@@H](C(=O)NC(C)C)N(Cc1ccccc1Cl)C(=O)CSCc1ccc(OC)cc1. The van der Waals surface area contributed by atoms with E-state index < -0.39 is 6.04 Å². The van der Waals surface area contributed by atoms with Gasteiger partial charge in [-0.1, -0.05) is 48.9 Å². The zero-order valence-corrected chi connectivity index (χ0v) is 20.1. The van der Waals surface area contributed by atoms with Gasteiger partial charge in [-0.2, -0.15) is 0 Å². The summed E-state index contributed by atoms with van der Waals surface area (Å²) >= 11 is 7.87. The molecule has 7 heteroatoms. The van der Waals surface area contributed by atoms with Crippen molar-refractivity contribution < 1.29 is 14.3 Å². The summed E-state index contributed by atoms with van der Waals surface area (Å²) in [5, 5.41) is 3.53. The number of amides is 2. The molecule has 0 fully saturated rings. The van der Waals surface area contributed by atoms with Crippen molar-refractivity contribution in [3.05, 3.63) is 64.7 Å². The fraction of sp³-hybridized carbons (Fsp3) is 0.417. The van der Waals surface area contributed by atoms with Crippen molar-refractivity contribution in [3.63, 3.8) is 0 Å². The number of hydrogen-bond donors (Lipinski definition) is 1. The maximum Gasteiger partial charge on any atom is 0.243 e. The fourth-order valence-electron chi connectivity index (χ4n) is 3.17. The van der Waals surface area contributed by atoms with Gasteiger partial charge in [0.1, 0.15) is 11.8 Å². The van der Waals surface area contributed by atoms with Crippen molar-refractivity contribution in [2.45, 2.75) is 51.6 Å². The second-order valence-corrected chi connectivity index (χ2v) is 8.93. The lowest BCUT2D eigenvalue weighted by atomic mass is 10.1. The zero-order valence-electron chi connectivity index (χ0n) is 18.6.